The monoisotopic (exact) mass is 387 g/mol. The molecule has 7 heteroatoms. The van der Waals surface area contributed by atoms with E-state index in [9.17, 15) is 14.7 Å². The third-order valence-electron chi connectivity index (χ3n) is 4.51. The largest absolute Gasteiger partial charge is 0.497 e. The highest BCUT2D eigenvalue weighted by molar-refractivity contribution is 5.97. The summed E-state index contributed by atoms with van der Waals surface area (Å²) in [5.41, 5.74) is 1.28. The first-order valence-electron chi connectivity index (χ1n) is 8.86. The first kappa shape index (κ1) is 21.1. The van der Waals surface area contributed by atoms with E-state index in [1.54, 1.807) is 7.11 Å². The third-order valence-corrected chi connectivity index (χ3v) is 4.51. The minimum absolute atomic E-state index is 0.00449. The predicted octanol–water partition coefficient (Wildman–Crippen LogP) is 3.93. The van der Waals surface area contributed by atoms with E-state index in [-0.39, 0.29) is 41.0 Å². The van der Waals surface area contributed by atoms with E-state index in [1.165, 1.54) is 26.4 Å². The quantitative estimate of drug-likeness (QED) is 0.677. The molecule has 0 aliphatic rings. The molecule has 0 saturated heterocycles. The fraction of sp³-hybridized carbons (Fsp3) is 0.333. The Morgan fingerprint density at radius 3 is 2.21 bits per heavy atom. The van der Waals surface area contributed by atoms with Crippen LogP contribution in [-0.4, -0.2) is 38.3 Å². The lowest BCUT2D eigenvalue weighted by Gasteiger charge is -2.18. The Bertz CT molecular complexity index is 832. The average Bonchev–Trinajstić information content (AvgIpc) is 2.71. The smallest absolute Gasteiger partial charge is 0.335 e. The Morgan fingerprint density at radius 1 is 1.04 bits per heavy atom. The minimum atomic E-state index is -1.12. The summed E-state index contributed by atoms with van der Waals surface area (Å²) in [5.74, 6) is -0.0863. The highest BCUT2D eigenvalue weighted by atomic mass is 16.5. The summed E-state index contributed by atoms with van der Waals surface area (Å²) in [7, 11) is 4.44. The molecule has 150 valence electrons. The standard InChI is InChI=1S/C21H25NO6/c1-5-13(14-6-8-16(26-2)9-7-14)12-19(23)22-17-10-15(21(24)25)11-18(27-3)20(17)28-4/h6-11,13H,5,12H2,1-4H3,(H,22,23)(H,24,25). The zero-order valence-corrected chi connectivity index (χ0v) is 16.4. The zero-order valence-electron chi connectivity index (χ0n) is 16.4. The zero-order chi connectivity index (χ0) is 20.7. The second kappa shape index (κ2) is 9.64. The number of hydrogen-bond acceptors (Lipinski definition) is 5. The van der Waals surface area contributed by atoms with Gasteiger partial charge < -0.3 is 24.6 Å². The molecule has 7 nitrogen and oxygen atoms in total. The summed E-state index contributed by atoms with van der Waals surface area (Å²) in [6, 6.07) is 10.3. The molecule has 2 N–H and O–H groups in total. The summed E-state index contributed by atoms with van der Waals surface area (Å²) in [5, 5.41) is 12.0. The number of amides is 1. The predicted molar refractivity (Wildman–Crippen MR) is 106 cm³/mol. The van der Waals surface area contributed by atoms with Crippen LogP contribution >= 0.6 is 0 Å². The Balaban J connectivity index is 2.22. The van der Waals surface area contributed by atoms with Gasteiger partial charge in [0.25, 0.3) is 0 Å². The molecular weight excluding hydrogens is 362 g/mol. The van der Waals surface area contributed by atoms with E-state index in [1.807, 2.05) is 31.2 Å². The van der Waals surface area contributed by atoms with Crippen molar-refractivity contribution in [3.63, 3.8) is 0 Å². The van der Waals surface area contributed by atoms with Crippen molar-refractivity contribution in [1.82, 2.24) is 0 Å². The fourth-order valence-electron chi connectivity index (χ4n) is 2.98. The lowest BCUT2D eigenvalue weighted by atomic mass is 9.93. The molecular formula is C21H25NO6. The molecule has 0 bridgehead atoms. The van der Waals surface area contributed by atoms with Crippen molar-refractivity contribution in [2.45, 2.75) is 25.7 Å². The van der Waals surface area contributed by atoms with Gasteiger partial charge in [-0.3, -0.25) is 4.79 Å². The van der Waals surface area contributed by atoms with Crippen LogP contribution in [0, 0.1) is 0 Å². The highest BCUT2D eigenvalue weighted by Gasteiger charge is 2.20. The number of nitrogens with one attached hydrogen (secondary N) is 1. The van der Waals surface area contributed by atoms with Gasteiger partial charge in [0.2, 0.25) is 5.91 Å². The summed E-state index contributed by atoms with van der Waals surface area (Å²) in [6.45, 7) is 2.01. The van der Waals surface area contributed by atoms with Gasteiger partial charge in [-0.05, 0) is 42.2 Å². The number of carbonyl (C=O) groups is 2. The molecule has 0 spiro atoms. The summed E-state index contributed by atoms with van der Waals surface area (Å²) in [6.07, 6.45) is 1.01. The summed E-state index contributed by atoms with van der Waals surface area (Å²) in [4.78, 5) is 24.0. The first-order valence-corrected chi connectivity index (χ1v) is 8.86. The number of benzene rings is 2. The van der Waals surface area contributed by atoms with Gasteiger partial charge in [0.1, 0.15) is 5.75 Å². The fourth-order valence-corrected chi connectivity index (χ4v) is 2.98. The Labute approximate surface area is 164 Å². The van der Waals surface area contributed by atoms with Crippen LogP contribution in [0.5, 0.6) is 17.2 Å². The van der Waals surface area contributed by atoms with Gasteiger partial charge >= 0.3 is 5.97 Å². The number of aromatic carboxylic acids is 1. The van der Waals surface area contributed by atoms with Gasteiger partial charge in [-0.2, -0.15) is 0 Å². The minimum Gasteiger partial charge on any atom is -0.497 e. The molecule has 1 atom stereocenters. The number of carboxylic acids is 1. The molecule has 0 radical (unpaired) electrons. The van der Waals surface area contributed by atoms with Gasteiger partial charge in [0.15, 0.2) is 11.5 Å². The number of anilines is 1. The molecule has 0 saturated carbocycles. The molecule has 28 heavy (non-hydrogen) atoms. The highest BCUT2D eigenvalue weighted by Crippen LogP contribution is 2.37. The van der Waals surface area contributed by atoms with E-state index in [0.717, 1.165) is 17.7 Å². The number of ether oxygens (including phenoxy) is 3. The van der Waals surface area contributed by atoms with E-state index in [0.29, 0.717) is 0 Å². The van der Waals surface area contributed by atoms with Crippen LogP contribution in [0.25, 0.3) is 0 Å². The molecule has 0 aliphatic carbocycles. The van der Waals surface area contributed by atoms with Gasteiger partial charge in [0, 0.05) is 6.42 Å². The molecule has 0 heterocycles. The third kappa shape index (κ3) is 4.94. The van der Waals surface area contributed by atoms with Gasteiger partial charge in [-0.15, -0.1) is 0 Å². The van der Waals surface area contributed by atoms with E-state index < -0.39 is 5.97 Å². The average molecular weight is 387 g/mol. The van der Waals surface area contributed by atoms with Crippen LogP contribution in [0.15, 0.2) is 36.4 Å². The van der Waals surface area contributed by atoms with Crippen LogP contribution in [-0.2, 0) is 4.79 Å². The number of carboxylic acid groups (broad SMARTS) is 1. The Kier molecular flexibility index (Phi) is 7.26. The van der Waals surface area contributed by atoms with Crippen LogP contribution in [0.3, 0.4) is 0 Å². The molecule has 1 amide bonds. The maximum absolute atomic E-state index is 12.6. The SMILES string of the molecule is CCC(CC(=O)Nc1cc(C(=O)O)cc(OC)c1OC)c1ccc(OC)cc1. The lowest BCUT2D eigenvalue weighted by molar-refractivity contribution is -0.116. The van der Waals surface area contributed by atoms with E-state index in [2.05, 4.69) is 5.32 Å². The lowest BCUT2D eigenvalue weighted by Crippen LogP contribution is -2.16. The number of hydrogen-bond donors (Lipinski definition) is 2. The van der Waals surface area contributed by atoms with Crippen LogP contribution in [0.2, 0.25) is 0 Å². The number of rotatable bonds is 9. The first-order chi connectivity index (χ1) is 13.4. The van der Waals surface area contributed by atoms with Gasteiger partial charge in [-0.25, -0.2) is 4.79 Å². The molecule has 2 aromatic carbocycles. The van der Waals surface area contributed by atoms with Crippen molar-refractivity contribution in [3.8, 4) is 17.2 Å². The van der Waals surface area contributed by atoms with Crippen LogP contribution in [0.4, 0.5) is 5.69 Å². The molecule has 0 fully saturated rings. The maximum atomic E-state index is 12.6. The van der Waals surface area contributed by atoms with Crippen molar-refractivity contribution >= 4 is 17.6 Å². The van der Waals surface area contributed by atoms with Crippen molar-refractivity contribution in [2.24, 2.45) is 0 Å². The molecule has 2 rings (SSSR count). The summed E-state index contributed by atoms with van der Waals surface area (Å²) < 4.78 is 15.7. The normalized spacial score (nSPS) is 11.4. The summed E-state index contributed by atoms with van der Waals surface area (Å²) >= 11 is 0. The number of methoxy groups -OCH3 is 3. The topological polar surface area (TPSA) is 94.1 Å². The Hall–Kier alpha value is -3.22. The van der Waals surface area contributed by atoms with Crippen LogP contribution in [0.1, 0.15) is 41.6 Å². The molecule has 2 aromatic rings. The van der Waals surface area contributed by atoms with Crippen molar-refractivity contribution in [3.05, 3.63) is 47.5 Å². The van der Waals surface area contributed by atoms with Gasteiger partial charge in [-0.1, -0.05) is 19.1 Å². The Morgan fingerprint density at radius 2 is 1.71 bits per heavy atom. The molecule has 0 aliphatic heterocycles. The van der Waals surface area contributed by atoms with E-state index in [4.69, 9.17) is 14.2 Å². The molecule has 1 unspecified atom stereocenters. The van der Waals surface area contributed by atoms with Crippen molar-refractivity contribution < 1.29 is 28.9 Å². The van der Waals surface area contributed by atoms with Crippen molar-refractivity contribution in [2.75, 3.05) is 26.6 Å². The molecule has 0 aromatic heterocycles. The van der Waals surface area contributed by atoms with E-state index >= 15 is 0 Å². The maximum Gasteiger partial charge on any atom is 0.335 e. The van der Waals surface area contributed by atoms with Crippen LogP contribution < -0.4 is 19.5 Å². The number of carbonyl (C=O) groups excluding carboxylic acids is 1. The second-order valence-electron chi connectivity index (χ2n) is 6.20. The second-order valence-corrected chi connectivity index (χ2v) is 6.20. The van der Waals surface area contributed by atoms with Crippen molar-refractivity contribution in [1.29, 1.82) is 0 Å². The van der Waals surface area contributed by atoms with Gasteiger partial charge in [0.05, 0.1) is 32.6 Å².